The van der Waals surface area contributed by atoms with Gasteiger partial charge in [0.05, 0.1) is 6.61 Å². The summed E-state index contributed by atoms with van der Waals surface area (Å²) in [5.41, 5.74) is 0.935. The molecule has 2 spiro atoms. The molecule has 0 amide bonds. The van der Waals surface area contributed by atoms with E-state index in [9.17, 15) is 4.79 Å². The van der Waals surface area contributed by atoms with E-state index in [1.54, 1.807) is 6.08 Å². The fourth-order valence-electron chi connectivity index (χ4n) is 6.11. The van der Waals surface area contributed by atoms with Gasteiger partial charge in [0.25, 0.3) is 0 Å². The van der Waals surface area contributed by atoms with Gasteiger partial charge in [0.15, 0.2) is 30.1 Å². The van der Waals surface area contributed by atoms with E-state index in [0.717, 1.165) is 56.9 Å². The number of fused-ring (bicyclic) bond motifs is 1. The van der Waals surface area contributed by atoms with Gasteiger partial charge in [-0.25, -0.2) is 4.79 Å². The first-order chi connectivity index (χ1) is 16.6. The van der Waals surface area contributed by atoms with Gasteiger partial charge in [-0.3, -0.25) is 0 Å². The van der Waals surface area contributed by atoms with E-state index in [4.69, 9.17) is 28.4 Å². The van der Waals surface area contributed by atoms with Crippen molar-refractivity contribution in [2.24, 2.45) is 0 Å². The van der Waals surface area contributed by atoms with Crippen LogP contribution in [0, 0.1) is 0 Å². The summed E-state index contributed by atoms with van der Waals surface area (Å²) in [4.78, 5) is 12.9. The molecular formula is C27H34O7. The Labute approximate surface area is 200 Å². The van der Waals surface area contributed by atoms with Gasteiger partial charge in [-0.1, -0.05) is 43.2 Å². The van der Waals surface area contributed by atoms with E-state index < -0.39 is 42.1 Å². The minimum Gasteiger partial charge on any atom is -0.453 e. The second kappa shape index (κ2) is 9.36. The first kappa shape index (κ1) is 22.7. The average Bonchev–Trinajstić information content (AvgIpc) is 3.52. The van der Waals surface area contributed by atoms with Gasteiger partial charge in [0.1, 0.15) is 12.2 Å². The SMILES string of the molecule is O=C(/C=C/c1ccccc1)O[C@@H]1[C@H]([C@@H]2COC3(CCCCC3)O2)O[C@@H]2OC3(CCCCC3)O[C@@H]21. The second-order valence-electron chi connectivity index (χ2n) is 10.2. The van der Waals surface area contributed by atoms with Gasteiger partial charge in [0, 0.05) is 31.8 Å². The maximum atomic E-state index is 12.9. The van der Waals surface area contributed by atoms with Crippen molar-refractivity contribution >= 4 is 12.0 Å². The van der Waals surface area contributed by atoms with Gasteiger partial charge in [-0.2, -0.15) is 0 Å². The van der Waals surface area contributed by atoms with Crippen molar-refractivity contribution in [3.8, 4) is 0 Å². The summed E-state index contributed by atoms with van der Waals surface area (Å²) in [5, 5.41) is 0. The Kier molecular flexibility index (Phi) is 6.24. The maximum Gasteiger partial charge on any atom is 0.331 e. The molecule has 2 aliphatic carbocycles. The third-order valence-corrected chi connectivity index (χ3v) is 7.83. The molecule has 0 unspecified atom stereocenters. The number of ether oxygens (including phenoxy) is 6. The molecule has 1 aromatic rings. The average molecular weight is 471 g/mol. The zero-order chi connectivity index (χ0) is 23.0. The summed E-state index contributed by atoms with van der Waals surface area (Å²) in [5.74, 6) is -1.58. The molecule has 2 saturated carbocycles. The topological polar surface area (TPSA) is 72.5 Å². The van der Waals surface area contributed by atoms with Crippen molar-refractivity contribution in [1.82, 2.24) is 0 Å². The number of benzene rings is 1. The minimum absolute atomic E-state index is 0.325. The number of carbonyl (C=O) groups is 1. The van der Waals surface area contributed by atoms with Gasteiger partial charge < -0.3 is 28.4 Å². The molecule has 184 valence electrons. The van der Waals surface area contributed by atoms with Gasteiger partial charge in [0.2, 0.25) is 0 Å². The molecule has 5 atom stereocenters. The third-order valence-electron chi connectivity index (χ3n) is 7.83. The van der Waals surface area contributed by atoms with Crippen molar-refractivity contribution in [2.75, 3.05) is 6.61 Å². The van der Waals surface area contributed by atoms with E-state index in [2.05, 4.69) is 0 Å². The Balaban J connectivity index is 1.19. The summed E-state index contributed by atoms with van der Waals surface area (Å²) < 4.78 is 37.8. The van der Waals surface area contributed by atoms with Crippen LogP contribution in [0.4, 0.5) is 0 Å². The Bertz CT molecular complexity index is 887. The summed E-state index contributed by atoms with van der Waals surface area (Å²) in [7, 11) is 0. The normalized spacial score (nSPS) is 36.3. The number of rotatable bonds is 4. The second-order valence-corrected chi connectivity index (χ2v) is 10.2. The molecule has 7 nitrogen and oxygen atoms in total. The molecule has 5 fully saturated rings. The number of hydrogen-bond acceptors (Lipinski definition) is 7. The Morgan fingerprint density at radius 2 is 1.56 bits per heavy atom. The summed E-state index contributed by atoms with van der Waals surface area (Å²) >= 11 is 0. The molecule has 0 aromatic heterocycles. The maximum absolute atomic E-state index is 12.9. The van der Waals surface area contributed by atoms with Crippen LogP contribution in [0.1, 0.15) is 69.8 Å². The molecular weight excluding hydrogens is 436 g/mol. The van der Waals surface area contributed by atoms with Crippen molar-refractivity contribution in [1.29, 1.82) is 0 Å². The predicted octanol–water partition coefficient (Wildman–Crippen LogP) is 4.49. The highest BCUT2D eigenvalue weighted by atomic mass is 16.9. The Morgan fingerprint density at radius 1 is 0.853 bits per heavy atom. The van der Waals surface area contributed by atoms with Crippen LogP contribution < -0.4 is 0 Å². The van der Waals surface area contributed by atoms with Crippen LogP contribution in [0.2, 0.25) is 0 Å². The predicted molar refractivity (Wildman–Crippen MR) is 122 cm³/mol. The molecule has 0 bridgehead atoms. The van der Waals surface area contributed by atoms with E-state index in [1.807, 2.05) is 30.3 Å². The largest absolute Gasteiger partial charge is 0.453 e. The van der Waals surface area contributed by atoms with E-state index in [-0.39, 0.29) is 6.10 Å². The molecule has 34 heavy (non-hydrogen) atoms. The number of carbonyl (C=O) groups excluding carboxylic acids is 1. The highest BCUT2D eigenvalue weighted by molar-refractivity contribution is 5.87. The van der Waals surface area contributed by atoms with Crippen LogP contribution in [-0.2, 0) is 33.2 Å². The monoisotopic (exact) mass is 470 g/mol. The summed E-state index contributed by atoms with van der Waals surface area (Å²) in [6, 6.07) is 9.69. The third kappa shape index (κ3) is 4.44. The fourth-order valence-corrected chi connectivity index (χ4v) is 6.11. The van der Waals surface area contributed by atoms with Crippen molar-refractivity contribution in [3.63, 3.8) is 0 Å². The Hall–Kier alpha value is -1.77. The van der Waals surface area contributed by atoms with Crippen LogP contribution in [0.25, 0.3) is 6.08 Å². The summed E-state index contributed by atoms with van der Waals surface area (Å²) in [6.07, 6.45) is 10.9. The molecule has 0 N–H and O–H groups in total. The molecule has 3 heterocycles. The van der Waals surface area contributed by atoms with Crippen LogP contribution in [0.15, 0.2) is 36.4 Å². The van der Waals surface area contributed by atoms with Crippen LogP contribution in [-0.4, -0.2) is 54.9 Å². The Morgan fingerprint density at radius 3 is 2.29 bits per heavy atom. The first-order valence-corrected chi connectivity index (χ1v) is 12.9. The molecule has 6 rings (SSSR count). The lowest BCUT2D eigenvalue weighted by molar-refractivity contribution is -0.261. The molecule has 0 radical (unpaired) electrons. The smallest absolute Gasteiger partial charge is 0.331 e. The minimum atomic E-state index is -0.624. The van der Waals surface area contributed by atoms with E-state index >= 15 is 0 Å². The molecule has 3 saturated heterocycles. The quantitative estimate of drug-likeness (QED) is 0.474. The number of hydrogen-bond donors (Lipinski definition) is 0. The highest BCUT2D eigenvalue weighted by Gasteiger charge is 2.62. The number of esters is 1. The zero-order valence-corrected chi connectivity index (χ0v) is 19.6. The highest BCUT2D eigenvalue weighted by Crippen LogP contribution is 2.48. The van der Waals surface area contributed by atoms with Crippen LogP contribution >= 0.6 is 0 Å². The lowest BCUT2D eigenvalue weighted by Gasteiger charge is -2.35. The van der Waals surface area contributed by atoms with Gasteiger partial charge >= 0.3 is 5.97 Å². The van der Waals surface area contributed by atoms with Crippen molar-refractivity contribution in [3.05, 3.63) is 42.0 Å². The zero-order valence-electron chi connectivity index (χ0n) is 19.6. The molecule has 1 aromatic carbocycles. The van der Waals surface area contributed by atoms with Crippen molar-refractivity contribution < 1.29 is 33.2 Å². The standard InChI is InChI=1S/C27H34O7/c28-21(13-12-19-10-4-1-5-11-19)30-23-22(20-18-29-26(32-20)14-6-2-7-15-26)31-25-24(23)33-27(34-25)16-8-3-9-17-27/h1,4-5,10-13,20,22-25H,2-3,6-9,14-18H2/b13-12+/t20-,22-,23+,24+,25+/m0/s1. The van der Waals surface area contributed by atoms with E-state index in [1.165, 1.54) is 18.9 Å². The fraction of sp³-hybridized carbons (Fsp3) is 0.667. The lowest BCUT2D eigenvalue weighted by Crippen LogP contribution is -2.46. The first-order valence-electron chi connectivity index (χ1n) is 12.9. The lowest BCUT2D eigenvalue weighted by atomic mass is 9.94. The van der Waals surface area contributed by atoms with Gasteiger partial charge in [-0.15, -0.1) is 0 Å². The van der Waals surface area contributed by atoms with Crippen molar-refractivity contribution in [2.45, 2.75) is 106 Å². The molecule has 5 aliphatic rings. The molecule has 7 heteroatoms. The van der Waals surface area contributed by atoms with Gasteiger partial charge in [-0.05, 0) is 37.3 Å². The summed E-state index contributed by atoms with van der Waals surface area (Å²) in [6.45, 7) is 0.420. The van der Waals surface area contributed by atoms with E-state index in [0.29, 0.717) is 6.61 Å². The molecule has 3 aliphatic heterocycles. The van der Waals surface area contributed by atoms with Crippen LogP contribution in [0.3, 0.4) is 0 Å². The van der Waals surface area contributed by atoms with Crippen LogP contribution in [0.5, 0.6) is 0 Å².